The van der Waals surface area contributed by atoms with Crippen LogP contribution in [0.1, 0.15) is 53.1 Å². The number of nitrogens with one attached hydrogen (secondary N) is 1. The Hall–Kier alpha value is -2.37. The van der Waals surface area contributed by atoms with Crippen molar-refractivity contribution in [1.29, 1.82) is 5.26 Å². The molecule has 0 aromatic carbocycles. The van der Waals surface area contributed by atoms with Gasteiger partial charge in [0.05, 0.1) is 0 Å². The number of alkyl halides is 3. The number of amides is 1. The molecule has 1 heterocycles. The fraction of sp³-hybridized carbons (Fsp3) is 0.625. The number of carbonyl (C=O) groups is 1. The molecule has 1 aromatic rings. The minimum absolute atomic E-state index is 0.188. The molecule has 0 aliphatic carbocycles. The molecular weight excluding hydrogens is 335 g/mol. The minimum Gasteiger partial charge on any atom is -0.273 e. The lowest BCUT2D eigenvalue weighted by molar-refractivity contribution is -0.141. The highest BCUT2D eigenvalue weighted by Gasteiger charge is 2.35. The third-order valence-corrected chi connectivity index (χ3v) is 2.93. The first-order valence-electron chi connectivity index (χ1n) is 7.58. The molecule has 1 amide bonds. The van der Waals surface area contributed by atoms with Gasteiger partial charge >= 0.3 is 6.18 Å². The number of hydrazine groups is 1. The molecule has 9 heteroatoms. The van der Waals surface area contributed by atoms with Gasteiger partial charge in [-0.05, 0) is 5.41 Å². The lowest BCUT2D eigenvalue weighted by atomic mass is 9.95. The maximum Gasteiger partial charge on any atom is 0.433 e. The van der Waals surface area contributed by atoms with E-state index in [1.165, 1.54) is 11.1 Å². The van der Waals surface area contributed by atoms with Gasteiger partial charge in [0.2, 0.25) is 11.7 Å². The van der Waals surface area contributed by atoms with Gasteiger partial charge in [0.1, 0.15) is 6.07 Å². The van der Waals surface area contributed by atoms with Crippen LogP contribution in [0.25, 0.3) is 0 Å². The molecule has 6 nitrogen and oxygen atoms in total. The molecule has 0 saturated carbocycles. The van der Waals surface area contributed by atoms with Gasteiger partial charge in [-0.2, -0.15) is 23.4 Å². The number of aromatic nitrogens is 2. The number of hydrogen-bond acceptors (Lipinski definition) is 5. The Morgan fingerprint density at radius 2 is 1.76 bits per heavy atom. The van der Waals surface area contributed by atoms with Gasteiger partial charge in [0.15, 0.2) is 11.5 Å². The third-order valence-electron chi connectivity index (χ3n) is 2.93. The minimum atomic E-state index is -4.73. The fourth-order valence-electron chi connectivity index (χ4n) is 1.71. The van der Waals surface area contributed by atoms with E-state index >= 15 is 0 Å². The number of carbonyl (C=O) groups excluding carboxylic acids is 1. The summed E-state index contributed by atoms with van der Waals surface area (Å²) in [5.41, 5.74) is 0.233. The van der Waals surface area contributed by atoms with Crippen LogP contribution in [0.3, 0.4) is 0 Å². The van der Waals surface area contributed by atoms with Gasteiger partial charge in [-0.15, -0.1) is 0 Å². The second-order valence-electron chi connectivity index (χ2n) is 7.88. The summed E-state index contributed by atoms with van der Waals surface area (Å²) in [7, 11) is 0. The summed E-state index contributed by atoms with van der Waals surface area (Å²) in [6.45, 7) is 10.8. The van der Waals surface area contributed by atoms with Crippen molar-refractivity contribution in [2.45, 2.75) is 47.7 Å². The molecule has 0 aliphatic rings. The normalized spacial score (nSPS) is 12.5. The Balaban J connectivity index is 3.39. The van der Waals surface area contributed by atoms with Crippen LogP contribution in [-0.2, 0) is 11.0 Å². The molecule has 0 fully saturated rings. The lowest BCUT2D eigenvalue weighted by Gasteiger charge is -2.33. The van der Waals surface area contributed by atoms with Crippen molar-refractivity contribution < 1.29 is 18.0 Å². The maximum atomic E-state index is 13.0. The molecular formula is C16H22F3N5O. The van der Waals surface area contributed by atoms with Crippen LogP contribution in [0, 0.1) is 22.2 Å². The zero-order valence-electron chi connectivity index (χ0n) is 15.1. The second-order valence-corrected chi connectivity index (χ2v) is 7.88. The lowest BCUT2D eigenvalue weighted by Crippen LogP contribution is -2.50. The quantitative estimate of drug-likeness (QED) is 0.840. The molecule has 1 rings (SSSR count). The first-order chi connectivity index (χ1) is 11.1. The van der Waals surface area contributed by atoms with Crippen molar-refractivity contribution >= 4 is 11.7 Å². The van der Waals surface area contributed by atoms with Crippen molar-refractivity contribution in [1.82, 2.24) is 15.4 Å². The summed E-state index contributed by atoms with van der Waals surface area (Å²) in [6, 6.07) is 2.24. The summed E-state index contributed by atoms with van der Waals surface area (Å²) < 4.78 is 39.1. The average molecular weight is 357 g/mol. The zero-order chi connectivity index (χ0) is 19.6. The van der Waals surface area contributed by atoms with E-state index in [9.17, 15) is 18.0 Å². The number of hydrogen-bond donors (Lipinski definition) is 1. The SMILES string of the molecule is CC(C)(C)CN(NC(=O)C(C)(C)C)c1cc(C(F)(F)F)nc(C#N)n1. The van der Waals surface area contributed by atoms with Crippen molar-refractivity contribution in [3.05, 3.63) is 17.6 Å². The van der Waals surface area contributed by atoms with Crippen LogP contribution < -0.4 is 10.4 Å². The number of anilines is 1. The molecule has 0 saturated heterocycles. The van der Waals surface area contributed by atoms with E-state index in [-0.39, 0.29) is 23.7 Å². The molecule has 0 bridgehead atoms. The maximum absolute atomic E-state index is 13.0. The highest BCUT2D eigenvalue weighted by Crippen LogP contribution is 2.30. The van der Waals surface area contributed by atoms with Crippen molar-refractivity contribution in [3.63, 3.8) is 0 Å². The van der Waals surface area contributed by atoms with E-state index < -0.39 is 23.1 Å². The highest BCUT2D eigenvalue weighted by atomic mass is 19.4. The third kappa shape index (κ3) is 6.21. The molecule has 1 N–H and O–H groups in total. The second kappa shape index (κ2) is 6.86. The van der Waals surface area contributed by atoms with Gasteiger partial charge in [-0.25, -0.2) is 4.98 Å². The predicted molar refractivity (Wildman–Crippen MR) is 86.1 cm³/mol. The van der Waals surface area contributed by atoms with Crippen LogP contribution in [0.15, 0.2) is 6.07 Å². The summed E-state index contributed by atoms with van der Waals surface area (Å²) in [5.74, 6) is -1.19. The van der Waals surface area contributed by atoms with Crippen LogP contribution in [0.5, 0.6) is 0 Å². The Labute approximate surface area is 145 Å². The monoisotopic (exact) mass is 357 g/mol. The van der Waals surface area contributed by atoms with E-state index in [4.69, 9.17) is 5.26 Å². The smallest absolute Gasteiger partial charge is 0.273 e. The molecule has 0 unspecified atom stereocenters. The molecule has 1 aromatic heterocycles. The van der Waals surface area contributed by atoms with Gasteiger partial charge in [0.25, 0.3) is 0 Å². The predicted octanol–water partition coefficient (Wildman–Crippen LogP) is 3.30. The standard InChI is InChI=1S/C16H22F3N5O/c1-14(2,3)9-24(23-13(25)15(4,5)6)12-7-10(16(17,18)19)21-11(8-20)22-12/h7H,9H2,1-6H3,(H,23,25). The van der Waals surface area contributed by atoms with E-state index in [0.717, 1.165) is 6.07 Å². The molecule has 0 spiro atoms. The summed E-state index contributed by atoms with van der Waals surface area (Å²) in [4.78, 5) is 19.3. The molecule has 0 atom stereocenters. The number of halogens is 3. The van der Waals surface area contributed by atoms with Gasteiger partial charge in [-0.1, -0.05) is 41.5 Å². The van der Waals surface area contributed by atoms with Crippen molar-refractivity contribution in [2.24, 2.45) is 10.8 Å². The van der Waals surface area contributed by atoms with E-state index in [2.05, 4.69) is 15.4 Å². The van der Waals surface area contributed by atoms with Crippen LogP contribution in [0.2, 0.25) is 0 Å². The number of nitriles is 1. The Kier molecular flexibility index (Phi) is 5.67. The zero-order valence-corrected chi connectivity index (χ0v) is 15.1. The van der Waals surface area contributed by atoms with Crippen LogP contribution >= 0.6 is 0 Å². The van der Waals surface area contributed by atoms with Gasteiger partial charge < -0.3 is 0 Å². The number of rotatable bonds is 3. The Morgan fingerprint density at radius 1 is 1.20 bits per heavy atom. The molecule has 138 valence electrons. The first kappa shape index (κ1) is 20.7. The molecule has 0 aliphatic heterocycles. The van der Waals surface area contributed by atoms with Crippen molar-refractivity contribution in [2.75, 3.05) is 11.6 Å². The van der Waals surface area contributed by atoms with Crippen molar-refractivity contribution in [3.8, 4) is 6.07 Å². The largest absolute Gasteiger partial charge is 0.433 e. The van der Waals surface area contributed by atoms with Crippen LogP contribution in [-0.4, -0.2) is 22.4 Å². The number of nitrogens with zero attached hydrogens (tertiary/aromatic N) is 4. The summed E-state index contributed by atoms with van der Waals surface area (Å²) in [5, 5.41) is 10.2. The Morgan fingerprint density at radius 3 is 2.16 bits per heavy atom. The average Bonchev–Trinajstić information content (AvgIpc) is 2.42. The van der Waals surface area contributed by atoms with Crippen LogP contribution in [0.4, 0.5) is 19.0 Å². The summed E-state index contributed by atoms with van der Waals surface area (Å²) >= 11 is 0. The summed E-state index contributed by atoms with van der Waals surface area (Å²) in [6.07, 6.45) is -4.73. The molecule has 25 heavy (non-hydrogen) atoms. The Bertz CT molecular complexity index is 681. The fourth-order valence-corrected chi connectivity index (χ4v) is 1.71. The topological polar surface area (TPSA) is 81.9 Å². The highest BCUT2D eigenvalue weighted by molar-refractivity contribution is 5.82. The van der Waals surface area contributed by atoms with E-state index in [1.54, 1.807) is 20.8 Å². The van der Waals surface area contributed by atoms with E-state index in [0.29, 0.717) is 0 Å². The van der Waals surface area contributed by atoms with Gasteiger partial charge in [-0.3, -0.25) is 15.2 Å². The molecule has 0 radical (unpaired) electrons. The van der Waals surface area contributed by atoms with E-state index in [1.807, 2.05) is 20.8 Å². The first-order valence-corrected chi connectivity index (χ1v) is 7.58. The van der Waals surface area contributed by atoms with Gasteiger partial charge in [0, 0.05) is 18.0 Å².